The van der Waals surface area contributed by atoms with Crippen molar-refractivity contribution in [2.75, 3.05) is 19.7 Å². The third-order valence-corrected chi connectivity index (χ3v) is 7.71. The van der Waals surface area contributed by atoms with Crippen molar-refractivity contribution in [3.8, 4) is 5.75 Å². The first-order valence-electron chi connectivity index (χ1n) is 12.0. The minimum absolute atomic E-state index is 0.0160. The standard InChI is InChI=1S/C28H31FN2O3S/c1-4-20(3)31(28(33)21-10-6-5-9-19(21)2)17-27(32)30-15-13-26-22(14-16-35-26)24(30)18-34-25-12-8-7-11-23(25)29/h5-12,14,16,20,24H,4,13,15,17-18H2,1-3H3. The van der Waals surface area contributed by atoms with Crippen LogP contribution in [-0.2, 0) is 11.2 Å². The molecule has 1 aliphatic rings. The maximum absolute atomic E-state index is 14.2. The molecule has 0 saturated carbocycles. The molecule has 0 saturated heterocycles. The predicted octanol–water partition coefficient (Wildman–Crippen LogP) is 5.64. The summed E-state index contributed by atoms with van der Waals surface area (Å²) in [5.74, 6) is -0.541. The molecule has 184 valence electrons. The van der Waals surface area contributed by atoms with Crippen LogP contribution in [-0.4, -0.2) is 47.4 Å². The van der Waals surface area contributed by atoms with Crippen molar-refractivity contribution in [2.24, 2.45) is 0 Å². The lowest BCUT2D eigenvalue weighted by atomic mass is 10.00. The lowest BCUT2D eigenvalue weighted by Crippen LogP contribution is -2.50. The number of carbonyl (C=O) groups excluding carboxylic acids is 2. The van der Waals surface area contributed by atoms with Gasteiger partial charge in [-0.3, -0.25) is 9.59 Å². The number of benzene rings is 2. The molecule has 2 unspecified atom stereocenters. The van der Waals surface area contributed by atoms with Crippen LogP contribution in [0.4, 0.5) is 4.39 Å². The van der Waals surface area contributed by atoms with Gasteiger partial charge in [-0.05, 0) is 67.5 Å². The van der Waals surface area contributed by atoms with Crippen LogP contribution in [0, 0.1) is 12.7 Å². The maximum Gasteiger partial charge on any atom is 0.254 e. The second kappa shape index (κ2) is 11.0. The third-order valence-electron chi connectivity index (χ3n) is 6.71. The molecule has 3 aromatic rings. The SMILES string of the molecule is CCC(C)N(CC(=O)N1CCc2sccc2C1COc1ccccc1F)C(=O)c1ccccc1C. The van der Waals surface area contributed by atoms with E-state index in [1.807, 2.05) is 50.4 Å². The first-order chi connectivity index (χ1) is 16.9. The van der Waals surface area contributed by atoms with Crippen LogP contribution >= 0.6 is 11.3 Å². The Hall–Kier alpha value is -3.19. The van der Waals surface area contributed by atoms with E-state index < -0.39 is 5.82 Å². The van der Waals surface area contributed by atoms with Gasteiger partial charge in [0.25, 0.3) is 5.91 Å². The number of nitrogens with zero attached hydrogens (tertiary/aromatic N) is 2. The van der Waals surface area contributed by atoms with Crippen molar-refractivity contribution in [1.82, 2.24) is 9.80 Å². The lowest BCUT2D eigenvalue weighted by molar-refractivity contribution is -0.136. The Balaban J connectivity index is 1.57. The fourth-order valence-corrected chi connectivity index (χ4v) is 5.39. The van der Waals surface area contributed by atoms with Crippen LogP contribution in [0.3, 0.4) is 0 Å². The molecule has 2 heterocycles. The lowest BCUT2D eigenvalue weighted by Gasteiger charge is -2.38. The molecule has 7 heteroatoms. The smallest absolute Gasteiger partial charge is 0.254 e. The molecule has 1 aromatic heterocycles. The summed E-state index contributed by atoms with van der Waals surface area (Å²) in [6.45, 7) is 6.54. The number of carbonyl (C=O) groups is 2. The Kier molecular flexibility index (Phi) is 7.86. The minimum Gasteiger partial charge on any atom is -0.488 e. The quantitative estimate of drug-likeness (QED) is 0.407. The first kappa shape index (κ1) is 24.9. The summed E-state index contributed by atoms with van der Waals surface area (Å²) < 4.78 is 20.0. The normalized spacial score (nSPS) is 15.9. The number of para-hydroxylation sites is 1. The highest BCUT2D eigenvalue weighted by atomic mass is 32.1. The topological polar surface area (TPSA) is 49.9 Å². The van der Waals surface area contributed by atoms with Crippen LogP contribution in [0.2, 0.25) is 0 Å². The fourth-order valence-electron chi connectivity index (χ4n) is 4.46. The van der Waals surface area contributed by atoms with Gasteiger partial charge in [-0.25, -0.2) is 4.39 Å². The van der Waals surface area contributed by atoms with Crippen molar-refractivity contribution < 1.29 is 18.7 Å². The van der Waals surface area contributed by atoms with Crippen LogP contribution < -0.4 is 4.74 Å². The van der Waals surface area contributed by atoms with E-state index in [2.05, 4.69) is 0 Å². The van der Waals surface area contributed by atoms with Crippen molar-refractivity contribution in [1.29, 1.82) is 0 Å². The minimum atomic E-state index is -0.432. The van der Waals surface area contributed by atoms with Gasteiger partial charge in [-0.2, -0.15) is 0 Å². The monoisotopic (exact) mass is 494 g/mol. The van der Waals surface area contributed by atoms with Crippen molar-refractivity contribution >= 4 is 23.2 Å². The average molecular weight is 495 g/mol. The van der Waals surface area contributed by atoms with Gasteiger partial charge in [0, 0.05) is 23.0 Å². The Morgan fingerprint density at radius 3 is 2.66 bits per heavy atom. The Labute approximate surface area is 210 Å². The van der Waals surface area contributed by atoms with E-state index in [1.165, 1.54) is 10.9 Å². The summed E-state index contributed by atoms with van der Waals surface area (Å²) in [5, 5.41) is 2.02. The van der Waals surface area contributed by atoms with E-state index in [9.17, 15) is 14.0 Å². The van der Waals surface area contributed by atoms with Gasteiger partial charge in [0.1, 0.15) is 13.2 Å². The number of halogens is 1. The van der Waals surface area contributed by atoms with Crippen LogP contribution in [0.1, 0.15) is 52.7 Å². The highest BCUT2D eigenvalue weighted by molar-refractivity contribution is 7.10. The Morgan fingerprint density at radius 1 is 1.17 bits per heavy atom. The van der Waals surface area contributed by atoms with E-state index >= 15 is 0 Å². The number of thiophene rings is 1. The molecule has 0 bridgehead atoms. The summed E-state index contributed by atoms with van der Waals surface area (Å²) in [5.41, 5.74) is 2.53. The van der Waals surface area contributed by atoms with Gasteiger partial charge in [0.2, 0.25) is 5.91 Å². The molecule has 35 heavy (non-hydrogen) atoms. The second-order valence-electron chi connectivity index (χ2n) is 8.90. The molecule has 2 amide bonds. The molecule has 4 rings (SSSR count). The van der Waals surface area contributed by atoms with Gasteiger partial charge >= 0.3 is 0 Å². The molecule has 0 fully saturated rings. The van der Waals surface area contributed by atoms with Gasteiger partial charge in [0.05, 0.1) is 6.04 Å². The summed E-state index contributed by atoms with van der Waals surface area (Å²) in [6.07, 6.45) is 1.49. The van der Waals surface area contributed by atoms with Crippen molar-refractivity contribution in [3.63, 3.8) is 0 Å². The van der Waals surface area contributed by atoms with E-state index in [0.717, 1.165) is 24.0 Å². The van der Waals surface area contributed by atoms with Crippen LogP contribution in [0.25, 0.3) is 0 Å². The third kappa shape index (κ3) is 5.40. The zero-order valence-corrected chi connectivity index (χ0v) is 21.2. The van der Waals surface area contributed by atoms with E-state index in [-0.39, 0.29) is 42.8 Å². The highest BCUT2D eigenvalue weighted by Crippen LogP contribution is 2.34. The average Bonchev–Trinajstić information content (AvgIpc) is 3.35. The number of hydrogen-bond acceptors (Lipinski definition) is 4. The second-order valence-corrected chi connectivity index (χ2v) is 9.90. The van der Waals surface area contributed by atoms with E-state index in [1.54, 1.807) is 45.4 Å². The number of hydrogen-bond donors (Lipinski definition) is 0. The molecule has 5 nitrogen and oxygen atoms in total. The molecule has 0 N–H and O–H groups in total. The first-order valence-corrected chi connectivity index (χ1v) is 12.9. The Morgan fingerprint density at radius 2 is 1.91 bits per heavy atom. The molecule has 1 aliphatic heterocycles. The molecule has 0 aliphatic carbocycles. The number of amides is 2. The number of aryl methyl sites for hydroxylation is 1. The zero-order valence-electron chi connectivity index (χ0n) is 20.4. The highest BCUT2D eigenvalue weighted by Gasteiger charge is 2.34. The van der Waals surface area contributed by atoms with E-state index in [0.29, 0.717) is 12.1 Å². The Bertz CT molecular complexity index is 1190. The van der Waals surface area contributed by atoms with Crippen LogP contribution in [0.15, 0.2) is 60.0 Å². The molecular weight excluding hydrogens is 463 g/mol. The summed E-state index contributed by atoms with van der Waals surface area (Å²) in [7, 11) is 0. The molecule has 2 atom stereocenters. The van der Waals surface area contributed by atoms with E-state index in [4.69, 9.17) is 4.74 Å². The summed E-state index contributed by atoms with van der Waals surface area (Å²) in [6, 6.07) is 15.3. The largest absolute Gasteiger partial charge is 0.488 e. The van der Waals surface area contributed by atoms with Gasteiger partial charge in [-0.15, -0.1) is 11.3 Å². The fraction of sp³-hybridized carbons (Fsp3) is 0.357. The molecule has 2 aromatic carbocycles. The van der Waals surface area contributed by atoms with Gasteiger partial charge < -0.3 is 14.5 Å². The summed E-state index contributed by atoms with van der Waals surface area (Å²) in [4.78, 5) is 31.8. The zero-order chi connectivity index (χ0) is 24.9. The molecule has 0 radical (unpaired) electrons. The maximum atomic E-state index is 14.2. The number of fused-ring (bicyclic) bond motifs is 1. The molecular formula is C28H31FN2O3S. The molecule has 0 spiro atoms. The van der Waals surface area contributed by atoms with Crippen molar-refractivity contribution in [2.45, 2.75) is 45.7 Å². The van der Waals surface area contributed by atoms with Gasteiger partial charge in [0.15, 0.2) is 11.6 Å². The summed E-state index contributed by atoms with van der Waals surface area (Å²) >= 11 is 1.66. The predicted molar refractivity (Wildman–Crippen MR) is 136 cm³/mol. The number of ether oxygens (including phenoxy) is 1. The van der Waals surface area contributed by atoms with Crippen molar-refractivity contribution in [3.05, 3.63) is 87.4 Å². The number of rotatable bonds is 8. The van der Waals surface area contributed by atoms with Crippen LogP contribution in [0.5, 0.6) is 5.75 Å². The van der Waals surface area contributed by atoms with Gasteiger partial charge in [-0.1, -0.05) is 37.3 Å².